The predicted molar refractivity (Wildman–Crippen MR) is 189 cm³/mol. The van der Waals surface area contributed by atoms with Crippen molar-refractivity contribution in [1.29, 1.82) is 0 Å². The monoisotopic (exact) mass is 684 g/mol. The average molecular weight is 685 g/mol. The Morgan fingerprint density at radius 1 is 0.891 bits per heavy atom. The lowest BCUT2D eigenvalue weighted by Gasteiger charge is -2.16. The first-order chi connectivity index (χ1) is 22.4. The summed E-state index contributed by atoms with van der Waals surface area (Å²) in [6.07, 6.45) is 20.5. The smallest absolute Gasteiger partial charge is 0.338 e. The molecule has 0 aliphatic rings. The van der Waals surface area contributed by atoms with E-state index in [1.54, 1.807) is 17.4 Å². The molecule has 1 atom stereocenters. The van der Waals surface area contributed by atoms with Crippen LogP contribution in [0.5, 0.6) is 0 Å². The molecule has 1 unspecified atom stereocenters. The summed E-state index contributed by atoms with van der Waals surface area (Å²) in [5.41, 5.74) is 0.940. The number of nitrogens with one attached hydrogen (secondary N) is 1. The molecule has 3 heterocycles. The van der Waals surface area contributed by atoms with E-state index in [-0.39, 0.29) is 16.3 Å². The molecule has 8 nitrogen and oxygen atoms in total. The van der Waals surface area contributed by atoms with Gasteiger partial charge in [0.1, 0.15) is 0 Å². The van der Waals surface area contributed by atoms with Gasteiger partial charge in [0, 0.05) is 15.8 Å². The van der Waals surface area contributed by atoms with E-state index in [1.165, 1.54) is 106 Å². The molecule has 4 rings (SSSR count). The summed E-state index contributed by atoms with van der Waals surface area (Å²) in [4.78, 5) is 42.1. The fourth-order valence-electron chi connectivity index (χ4n) is 5.56. The Bertz CT molecular complexity index is 1550. The first-order valence-corrected chi connectivity index (χ1v) is 18.6. The number of amides is 1. The number of esters is 1. The minimum atomic E-state index is -1.36. The number of halogens is 1. The zero-order valence-electron chi connectivity index (χ0n) is 26.9. The Morgan fingerprint density at radius 2 is 1.50 bits per heavy atom. The van der Waals surface area contributed by atoms with Gasteiger partial charge in [0.05, 0.1) is 39.3 Å². The number of aryl methyl sites for hydroxylation is 1. The van der Waals surface area contributed by atoms with Crippen LogP contribution in [0.25, 0.3) is 9.40 Å². The number of carbonyl (C=O) groups is 3. The van der Waals surface area contributed by atoms with Crippen LogP contribution in [0.3, 0.4) is 0 Å². The van der Waals surface area contributed by atoms with Crippen LogP contribution < -0.4 is 5.32 Å². The molecule has 0 aliphatic heterocycles. The lowest BCUT2D eigenvalue weighted by Crippen LogP contribution is -2.34. The van der Waals surface area contributed by atoms with Crippen molar-refractivity contribution in [2.24, 2.45) is 0 Å². The number of aromatic nitrogens is 3. The Morgan fingerprint density at radius 3 is 2.13 bits per heavy atom. The van der Waals surface area contributed by atoms with Crippen molar-refractivity contribution in [3.05, 3.63) is 63.1 Å². The van der Waals surface area contributed by atoms with Gasteiger partial charge in [-0.2, -0.15) is 15.0 Å². The number of anilines is 1. The van der Waals surface area contributed by atoms with Crippen molar-refractivity contribution in [3.8, 4) is 0 Å². The summed E-state index contributed by atoms with van der Waals surface area (Å²) in [5, 5.41) is 13.9. The highest BCUT2D eigenvalue weighted by Gasteiger charge is 2.34. The van der Waals surface area contributed by atoms with Crippen molar-refractivity contribution in [2.45, 2.75) is 110 Å². The first kappa shape index (κ1) is 35.8. The van der Waals surface area contributed by atoms with Gasteiger partial charge < -0.3 is 10.1 Å². The summed E-state index contributed by atoms with van der Waals surface area (Å²) in [6.45, 7) is 4.45. The molecule has 0 saturated carbocycles. The zero-order valence-corrected chi connectivity index (χ0v) is 29.3. The van der Waals surface area contributed by atoms with Crippen molar-refractivity contribution < 1.29 is 19.1 Å². The Kier molecular flexibility index (Phi) is 14.7. The third-order valence-electron chi connectivity index (χ3n) is 8.10. The van der Waals surface area contributed by atoms with Gasteiger partial charge >= 0.3 is 5.97 Å². The Balaban J connectivity index is 1.22. The van der Waals surface area contributed by atoms with Gasteiger partial charge in [0.2, 0.25) is 11.8 Å². The summed E-state index contributed by atoms with van der Waals surface area (Å²) >= 11 is 9.46. The Hall–Kier alpha value is -3.08. The minimum absolute atomic E-state index is 0.199. The largest absolute Gasteiger partial charge is 0.462 e. The SMILES string of the molecule is CCCCCCCCCCCCCCCCOC(=O)c1ccc(Cl)c(NC(=O)C(C(=O)c2c(C)sc3sccc23)n2nccn2)c1. The number of thiophene rings is 2. The van der Waals surface area contributed by atoms with Crippen molar-refractivity contribution in [2.75, 3.05) is 11.9 Å². The normalized spacial score (nSPS) is 12.0. The van der Waals surface area contributed by atoms with Crippen LogP contribution in [0.4, 0.5) is 5.69 Å². The Labute approximate surface area is 284 Å². The lowest BCUT2D eigenvalue weighted by molar-refractivity contribution is -0.118. The summed E-state index contributed by atoms with van der Waals surface area (Å²) in [7, 11) is 0. The molecule has 0 fully saturated rings. The molecule has 46 heavy (non-hydrogen) atoms. The molecule has 3 aromatic heterocycles. The highest BCUT2D eigenvalue weighted by Crippen LogP contribution is 2.37. The maximum Gasteiger partial charge on any atom is 0.338 e. The number of benzene rings is 1. The summed E-state index contributed by atoms with van der Waals surface area (Å²) in [6, 6.07) is 5.08. The van der Waals surface area contributed by atoms with Crippen LogP contribution in [0.15, 0.2) is 42.0 Å². The number of carbonyl (C=O) groups excluding carboxylic acids is 3. The van der Waals surface area contributed by atoms with Crippen LogP contribution >= 0.6 is 34.3 Å². The number of unbranched alkanes of at least 4 members (excludes halogenated alkanes) is 13. The van der Waals surface area contributed by atoms with Crippen LogP contribution in [0.1, 0.15) is 128 Å². The van der Waals surface area contributed by atoms with E-state index in [2.05, 4.69) is 22.4 Å². The summed E-state index contributed by atoms with van der Waals surface area (Å²) < 4.78 is 6.52. The molecule has 0 bridgehead atoms. The van der Waals surface area contributed by atoms with Gasteiger partial charge in [-0.05, 0) is 43.0 Å². The molecule has 4 aromatic rings. The minimum Gasteiger partial charge on any atom is -0.462 e. The van der Waals surface area contributed by atoms with Gasteiger partial charge in [0.15, 0.2) is 0 Å². The molecule has 1 aromatic carbocycles. The standard InChI is InChI=1S/C35H45ClN4O4S2/c1-3-4-5-6-7-8-9-10-11-12-13-14-15-16-22-44-34(43)26-17-18-28(36)29(24-26)39-33(42)31(40-37-20-21-38-40)32(41)30-25(2)46-35-27(30)19-23-45-35/h17-21,23-24,31H,3-16,22H2,1-2H3,(H,39,42). The van der Waals surface area contributed by atoms with Gasteiger partial charge in [-0.3, -0.25) is 9.59 Å². The number of hydrogen-bond acceptors (Lipinski definition) is 8. The lowest BCUT2D eigenvalue weighted by atomic mass is 10.0. The van der Waals surface area contributed by atoms with Gasteiger partial charge in [0.25, 0.3) is 5.91 Å². The van der Waals surface area contributed by atoms with Crippen molar-refractivity contribution >= 4 is 67.0 Å². The third kappa shape index (κ3) is 10.2. The molecule has 248 valence electrons. The molecule has 1 amide bonds. The maximum absolute atomic E-state index is 13.8. The van der Waals surface area contributed by atoms with E-state index < -0.39 is 23.7 Å². The highest BCUT2D eigenvalue weighted by molar-refractivity contribution is 7.37. The van der Waals surface area contributed by atoms with E-state index >= 15 is 0 Å². The van der Waals surface area contributed by atoms with E-state index in [0.717, 1.165) is 38.3 Å². The molecule has 0 spiro atoms. The molecular weight excluding hydrogens is 640 g/mol. The number of ether oxygens (including phenoxy) is 1. The maximum atomic E-state index is 13.8. The molecular formula is C35H45ClN4O4S2. The van der Waals surface area contributed by atoms with Crippen LogP contribution in [0.2, 0.25) is 5.02 Å². The van der Waals surface area contributed by atoms with E-state index in [1.807, 2.05) is 18.4 Å². The predicted octanol–water partition coefficient (Wildman–Crippen LogP) is 10.2. The molecule has 1 N–H and O–H groups in total. The number of nitrogens with zero attached hydrogens (tertiary/aromatic N) is 3. The van der Waals surface area contributed by atoms with Gasteiger partial charge in [-0.25, -0.2) is 4.79 Å². The third-order valence-corrected chi connectivity index (χ3v) is 10.6. The number of hydrogen-bond donors (Lipinski definition) is 1. The fraction of sp³-hybridized carbons (Fsp3) is 0.514. The van der Waals surface area contributed by atoms with E-state index in [9.17, 15) is 14.4 Å². The molecule has 0 radical (unpaired) electrons. The highest BCUT2D eigenvalue weighted by atomic mass is 35.5. The summed E-state index contributed by atoms with van der Waals surface area (Å²) in [5.74, 6) is -1.57. The number of rotatable bonds is 21. The number of ketones is 1. The fourth-order valence-corrected chi connectivity index (χ4v) is 7.96. The second-order valence-corrected chi connectivity index (χ2v) is 14.5. The zero-order chi connectivity index (χ0) is 32.7. The molecule has 0 aliphatic carbocycles. The van der Waals surface area contributed by atoms with Gasteiger partial charge in [-0.15, -0.1) is 22.7 Å². The number of fused-ring (bicyclic) bond motifs is 1. The molecule has 0 saturated heterocycles. The van der Waals surface area contributed by atoms with Crippen LogP contribution in [-0.4, -0.2) is 39.3 Å². The molecule has 11 heteroatoms. The second kappa shape index (κ2) is 18.9. The van der Waals surface area contributed by atoms with Crippen molar-refractivity contribution in [1.82, 2.24) is 15.0 Å². The number of Topliss-reactive ketones (excluding diaryl/α,β-unsaturated/α-hetero) is 1. The van der Waals surface area contributed by atoms with Crippen molar-refractivity contribution in [3.63, 3.8) is 0 Å². The van der Waals surface area contributed by atoms with Gasteiger partial charge in [-0.1, -0.05) is 102 Å². The topological polar surface area (TPSA) is 103 Å². The van der Waals surface area contributed by atoms with E-state index in [4.69, 9.17) is 16.3 Å². The van der Waals surface area contributed by atoms with Crippen LogP contribution in [-0.2, 0) is 9.53 Å². The average Bonchev–Trinajstić information content (AvgIpc) is 3.79. The van der Waals surface area contributed by atoms with E-state index in [0.29, 0.717) is 12.2 Å². The van der Waals surface area contributed by atoms with Crippen LogP contribution in [0, 0.1) is 6.92 Å². The first-order valence-electron chi connectivity index (χ1n) is 16.5. The quantitative estimate of drug-likeness (QED) is 0.0405. The second-order valence-electron chi connectivity index (χ2n) is 11.7.